The number of thiazole rings is 1. The number of thiophene rings is 1. The predicted molar refractivity (Wildman–Crippen MR) is 86.8 cm³/mol. The second-order valence-electron chi connectivity index (χ2n) is 4.79. The van der Waals surface area contributed by atoms with Gasteiger partial charge in [-0.3, -0.25) is 4.79 Å². The Morgan fingerprint density at radius 2 is 2.29 bits per heavy atom. The van der Waals surface area contributed by atoms with Gasteiger partial charge in [0, 0.05) is 29.1 Å². The van der Waals surface area contributed by atoms with Crippen LogP contribution in [0.5, 0.6) is 0 Å². The molecule has 0 aromatic carbocycles. The fourth-order valence-electron chi connectivity index (χ4n) is 2.08. The van der Waals surface area contributed by atoms with Crippen LogP contribution in [0.25, 0.3) is 11.3 Å². The first kappa shape index (κ1) is 14.0. The Bertz CT molecular complexity index is 743. The van der Waals surface area contributed by atoms with Crippen LogP contribution in [0.2, 0.25) is 0 Å². The number of carbonyl (C=O) groups is 1. The molecule has 0 aliphatic heterocycles. The lowest BCUT2D eigenvalue weighted by Crippen LogP contribution is -2.26. The maximum absolute atomic E-state index is 12.4. The van der Waals surface area contributed by atoms with Gasteiger partial charge in [-0.15, -0.1) is 22.7 Å². The minimum Gasteiger partial charge on any atom is -0.357 e. The summed E-state index contributed by atoms with van der Waals surface area (Å²) in [7, 11) is 1.82. The van der Waals surface area contributed by atoms with E-state index in [9.17, 15) is 4.79 Å². The van der Waals surface area contributed by atoms with E-state index >= 15 is 0 Å². The van der Waals surface area contributed by atoms with Crippen LogP contribution < -0.4 is 0 Å². The van der Waals surface area contributed by atoms with Crippen molar-refractivity contribution in [2.24, 2.45) is 0 Å². The fourth-order valence-corrected chi connectivity index (χ4v) is 3.45. The highest BCUT2D eigenvalue weighted by molar-refractivity contribution is 7.10. The van der Waals surface area contributed by atoms with E-state index in [1.807, 2.05) is 49.1 Å². The highest BCUT2D eigenvalue weighted by Crippen LogP contribution is 2.23. The second kappa shape index (κ2) is 5.83. The Balaban J connectivity index is 1.74. The summed E-state index contributed by atoms with van der Waals surface area (Å²) in [6, 6.07) is 5.89. The molecule has 0 radical (unpaired) electrons. The minimum absolute atomic E-state index is 0.0124. The van der Waals surface area contributed by atoms with E-state index in [2.05, 4.69) is 9.97 Å². The maximum Gasteiger partial charge on any atom is 0.270 e. The standard InChI is InChI=1S/C15H15N3OS2/c1-10-17-14(9-21-10)11-6-13(16-7-11)15(19)18(2)8-12-4-3-5-20-12/h3-7,9,16H,8H2,1-2H3. The zero-order valence-corrected chi connectivity index (χ0v) is 13.4. The number of aryl methyl sites for hydroxylation is 1. The maximum atomic E-state index is 12.4. The Hall–Kier alpha value is -1.92. The molecule has 0 saturated heterocycles. The number of rotatable bonds is 4. The minimum atomic E-state index is -0.0124. The number of nitrogens with zero attached hydrogens (tertiary/aromatic N) is 2. The number of hydrogen-bond acceptors (Lipinski definition) is 4. The predicted octanol–water partition coefficient (Wildman–Crippen LogP) is 3.78. The molecule has 3 rings (SSSR count). The summed E-state index contributed by atoms with van der Waals surface area (Å²) in [6.07, 6.45) is 1.83. The Kier molecular flexibility index (Phi) is 3.90. The van der Waals surface area contributed by atoms with Gasteiger partial charge in [0.05, 0.1) is 17.2 Å². The highest BCUT2D eigenvalue weighted by Gasteiger charge is 2.15. The molecule has 0 atom stereocenters. The lowest BCUT2D eigenvalue weighted by Gasteiger charge is -2.14. The number of carbonyl (C=O) groups excluding carboxylic acids is 1. The SMILES string of the molecule is Cc1nc(-c2c[nH]c(C(=O)N(C)Cc3cccs3)c2)cs1. The van der Waals surface area contributed by atoms with E-state index < -0.39 is 0 Å². The van der Waals surface area contributed by atoms with Crippen LogP contribution in [0.1, 0.15) is 20.4 Å². The van der Waals surface area contributed by atoms with Crippen LogP contribution in [0.4, 0.5) is 0 Å². The number of aromatic amines is 1. The Morgan fingerprint density at radius 3 is 2.95 bits per heavy atom. The van der Waals surface area contributed by atoms with E-state index in [4.69, 9.17) is 0 Å². The number of hydrogen-bond donors (Lipinski definition) is 1. The smallest absolute Gasteiger partial charge is 0.270 e. The van der Waals surface area contributed by atoms with Crippen molar-refractivity contribution in [3.63, 3.8) is 0 Å². The van der Waals surface area contributed by atoms with Gasteiger partial charge in [0.1, 0.15) is 5.69 Å². The van der Waals surface area contributed by atoms with Crippen LogP contribution in [-0.4, -0.2) is 27.8 Å². The van der Waals surface area contributed by atoms with Crippen molar-refractivity contribution in [1.29, 1.82) is 0 Å². The lowest BCUT2D eigenvalue weighted by molar-refractivity contribution is 0.0781. The molecule has 3 aromatic rings. The summed E-state index contributed by atoms with van der Waals surface area (Å²) in [5.41, 5.74) is 2.45. The molecule has 4 nitrogen and oxygen atoms in total. The molecule has 0 fully saturated rings. The lowest BCUT2D eigenvalue weighted by atomic mass is 10.2. The summed E-state index contributed by atoms with van der Waals surface area (Å²) >= 11 is 3.26. The van der Waals surface area contributed by atoms with Gasteiger partial charge >= 0.3 is 0 Å². The van der Waals surface area contributed by atoms with Gasteiger partial charge in [-0.25, -0.2) is 4.98 Å². The van der Waals surface area contributed by atoms with Crippen LogP contribution in [-0.2, 0) is 6.54 Å². The van der Waals surface area contributed by atoms with Crippen LogP contribution in [0.3, 0.4) is 0 Å². The van der Waals surface area contributed by atoms with Crippen molar-refractivity contribution in [2.75, 3.05) is 7.05 Å². The van der Waals surface area contributed by atoms with Crippen molar-refractivity contribution in [2.45, 2.75) is 13.5 Å². The molecule has 6 heteroatoms. The highest BCUT2D eigenvalue weighted by atomic mass is 32.1. The van der Waals surface area contributed by atoms with Crippen molar-refractivity contribution < 1.29 is 4.79 Å². The number of nitrogens with one attached hydrogen (secondary N) is 1. The van der Waals surface area contributed by atoms with Crippen molar-refractivity contribution in [1.82, 2.24) is 14.9 Å². The number of H-pyrrole nitrogens is 1. The van der Waals surface area contributed by atoms with Gasteiger partial charge in [-0.05, 0) is 24.4 Å². The molecule has 21 heavy (non-hydrogen) atoms. The van der Waals surface area contributed by atoms with E-state index in [0.717, 1.165) is 16.3 Å². The molecule has 108 valence electrons. The van der Waals surface area contributed by atoms with Crippen LogP contribution >= 0.6 is 22.7 Å². The third kappa shape index (κ3) is 3.06. The van der Waals surface area contributed by atoms with Crippen molar-refractivity contribution in [3.8, 4) is 11.3 Å². The van der Waals surface area contributed by atoms with Gasteiger partial charge in [-0.1, -0.05) is 6.07 Å². The first-order valence-corrected chi connectivity index (χ1v) is 8.28. The van der Waals surface area contributed by atoms with Gasteiger partial charge in [0.2, 0.25) is 0 Å². The van der Waals surface area contributed by atoms with E-state index in [1.165, 1.54) is 4.88 Å². The molecule has 0 aliphatic rings. The molecule has 3 aromatic heterocycles. The molecule has 0 aliphatic carbocycles. The zero-order chi connectivity index (χ0) is 14.8. The quantitative estimate of drug-likeness (QED) is 0.796. The zero-order valence-electron chi connectivity index (χ0n) is 11.8. The average Bonchev–Trinajstić information content (AvgIpc) is 3.17. The van der Waals surface area contributed by atoms with Gasteiger partial charge in [-0.2, -0.15) is 0 Å². The van der Waals surface area contributed by atoms with Crippen molar-refractivity contribution >= 4 is 28.6 Å². The summed E-state index contributed by atoms with van der Waals surface area (Å²) in [5, 5.41) is 5.04. The van der Waals surface area contributed by atoms with Crippen LogP contribution in [0.15, 0.2) is 35.2 Å². The molecule has 0 bridgehead atoms. The fraction of sp³-hybridized carbons (Fsp3) is 0.200. The normalized spacial score (nSPS) is 10.8. The third-order valence-corrected chi connectivity index (χ3v) is 4.78. The van der Waals surface area contributed by atoms with E-state index in [-0.39, 0.29) is 5.91 Å². The molecular weight excluding hydrogens is 302 g/mol. The summed E-state index contributed by atoms with van der Waals surface area (Å²) in [5.74, 6) is -0.0124. The first-order chi connectivity index (χ1) is 10.1. The Morgan fingerprint density at radius 1 is 1.43 bits per heavy atom. The largest absolute Gasteiger partial charge is 0.357 e. The number of amides is 1. The van der Waals surface area contributed by atoms with Gasteiger partial charge in [0.15, 0.2) is 0 Å². The molecular formula is C15H15N3OS2. The third-order valence-electron chi connectivity index (χ3n) is 3.15. The topological polar surface area (TPSA) is 49.0 Å². The Labute approximate surface area is 131 Å². The molecule has 0 unspecified atom stereocenters. The van der Waals surface area contributed by atoms with Crippen molar-refractivity contribution in [3.05, 3.63) is 50.7 Å². The van der Waals surface area contributed by atoms with Gasteiger partial charge in [0.25, 0.3) is 5.91 Å². The average molecular weight is 317 g/mol. The molecule has 1 amide bonds. The second-order valence-corrected chi connectivity index (χ2v) is 6.89. The summed E-state index contributed by atoms with van der Waals surface area (Å²) in [4.78, 5) is 22.8. The van der Waals surface area contributed by atoms with Crippen LogP contribution in [0, 0.1) is 6.92 Å². The summed E-state index contributed by atoms with van der Waals surface area (Å²) in [6.45, 7) is 2.60. The van der Waals surface area contributed by atoms with E-state index in [1.54, 1.807) is 27.6 Å². The summed E-state index contributed by atoms with van der Waals surface area (Å²) < 4.78 is 0. The molecule has 1 N–H and O–H groups in total. The molecule has 0 saturated carbocycles. The monoisotopic (exact) mass is 317 g/mol. The number of aromatic nitrogens is 2. The molecule has 3 heterocycles. The van der Waals surface area contributed by atoms with Gasteiger partial charge < -0.3 is 9.88 Å². The molecule has 0 spiro atoms. The van der Waals surface area contributed by atoms with E-state index in [0.29, 0.717) is 12.2 Å². The first-order valence-electron chi connectivity index (χ1n) is 6.52.